The lowest BCUT2D eigenvalue weighted by Gasteiger charge is -2.45. The summed E-state index contributed by atoms with van der Waals surface area (Å²) in [4.78, 5) is 15.2. The summed E-state index contributed by atoms with van der Waals surface area (Å²) in [5.41, 5.74) is 5.47. The number of nitrogen functional groups attached to an aromatic ring is 1. The SMILES string of the molecule is CC(C)(C)Nc1nc(N)nc(N(C(C)(C)C)C(C)(C)C)n1. The molecule has 0 aliphatic carbocycles. The lowest BCUT2D eigenvalue weighted by atomic mass is 9.97. The molecule has 0 amide bonds. The first-order valence-corrected chi connectivity index (χ1v) is 7.30. The van der Waals surface area contributed by atoms with Gasteiger partial charge in [-0.3, -0.25) is 0 Å². The van der Waals surface area contributed by atoms with Gasteiger partial charge in [0.25, 0.3) is 0 Å². The van der Waals surface area contributed by atoms with Crippen molar-refractivity contribution < 1.29 is 0 Å². The Morgan fingerprint density at radius 1 is 0.810 bits per heavy atom. The maximum absolute atomic E-state index is 5.87. The number of nitrogens with one attached hydrogen (secondary N) is 1. The van der Waals surface area contributed by atoms with E-state index in [0.29, 0.717) is 11.9 Å². The molecule has 0 aromatic carbocycles. The number of anilines is 3. The highest BCUT2D eigenvalue weighted by Gasteiger charge is 2.34. The van der Waals surface area contributed by atoms with Crippen molar-refractivity contribution in [2.75, 3.05) is 16.0 Å². The maximum Gasteiger partial charge on any atom is 0.232 e. The first-order chi connectivity index (χ1) is 9.20. The van der Waals surface area contributed by atoms with E-state index in [9.17, 15) is 0 Å². The molecule has 6 heteroatoms. The van der Waals surface area contributed by atoms with Gasteiger partial charge in [0.2, 0.25) is 17.8 Å². The molecule has 0 fully saturated rings. The average molecular weight is 294 g/mol. The Balaban J connectivity index is 3.34. The van der Waals surface area contributed by atoms with Crippen LogP contribution < -0.4 is 16.0 Å². The van der Waals surface area contributed by atoms with Gasteiger partial charge in [-0.25, -0.2) is 0 Å². The van der Waals surface area contributed by atoms with E-state index in [-0.39, 0.29) is 22.6 Å². The van der Waals surface area contributed by atoms with Gasteiger partial charge in [-0.05, 0) is 62.3 Å². The fourth-order valence-electron chi connectivity index (χ4n) is 2.48. The molecular formula is C15H30N6. The second-order valence-electron chi connectivity index (χ2n) is 8.37. The Hall–Kier alpha value is -1.59. The van der Waals surface area contributed by atoms with E-state index in [2.05, 4.69) is 87.5 Å². The molecule has 6 nitrogen and oxygen atoms in total. The molecule has 0 saturated carbocycles. The molecule has 1 aromatic rings. The number of hydrogen-bond acceptors (Lipinski definition) is 6. The van der Waals surface area contributed by atoms with E-state index in [0.717, 1.165) is 0 Å². The largest absolute Gasteiger partial charge is 0.368 e. The Bertz CT molecular complexity index is 476. The molecule has 1 rings (SSSR count). The van der Waals surface area contributed by atoms with Gasteiger partial charge in [-0.15, -0.1) is 0 Å². The van der Waals surface area contributed by atoms with Crippen LogP contribution >= 0.6 is 0 Å². The highest BCUT2D eigenvalue weighted by atomic mass is 15.4. The normalized spacial score (nSPS) is 13.2. The van der Waals surface area contributed by atoms with Crippen LogP contribution in [0.1, 0.15) is 62.3 Å². The van der Waals surface area contributed by atoms with Crippen molar-refractivity contribution in [3.05, 3.63) is 0 Å². The van der Waals surface area contributed by atoms with E-state index in [1.807, 2.05) is 0 Å². The van der Waals surface area contributed by atoms with Crippen molar-refractivity contribution in [1.82, 2.24) is 15.0 Å². The van der Waals surface area contributed by atoms with Gasteiger partial charge < -0.3 is 16.0 Å². The van der Waals surface area contributed by atoms with Gasteiger partial charge in [-0.2, -0.15) is 15.0 Å². The van der Waals surface area contributed by atoms with E-state index < -0.39 is 0 Å². The predicted octanol–water partition coefficient (Wildman–Crippen LogP) is 3.07. The van der Waals surface area contributed by atoms with Crippen molar-refractivity contribution in [3.63, 3.8) is 0 Å². The first-order valence-electron chi connectivity index (χ1n) is 7.30. The van der Waals surface area contributed by atoms with E-state index in [1.54, 1.807) is 0 Å². The zero-order chi connectivity index (χ0) is 16.6. The summed E-state index contributed by atoms with van der Waals surface area (Å²) in [6, 6.07) is 0. The van der Waals surface area contributed by atoms with Crippen LogP contribution in [0, 0.1) is 0 Å². The highest BCUT2D eigenvalue weighted by Crippen LogP contribution is 2.30. The van der Waals surface area contributed by atoms with Crippen LogP contribution in [0.4, 0.5) is 17.8 Å². The number of nitrogens with two attached hydrogens (primary N) is 1. The number of hydrogen-bond donors (Lipinski definition) is 2. The molecule has 0 atom stereocenters. The van der Waals surface area contributed by atoms with Crippen molar-refractivity contribution in [2.24, 2.45) is 0 Å². The van der Waals surface area contributed by atoms with Crippen LogP contribution in [0.2, 0.25) is 0 Å². The summed E-state index contributed by atoms with van der Waals surface area (Å²) in [6.07, 6.45) is 0. The van der Waals surface area contributed by atoms with Gasteiger partial charge in [0.1, 0.15) is 0 Å². The summed E-state index contributed by atoms with van der Waals surface area (Å²) in [5.74, 6) is 1.32. The van der Waals surface area contributed by atoms with Crippen LogP contribution in [-0.4, -0.2) is 31.6 Å². The molecule has 3 N–H and O–H groups in total. The Morgan fingerprint density at radius 2 is 1.29 bits per heavy atom. The van der Waals surface area contributed by atoms with E-state index in [1.165, 1.54) is 0 Å². The van der Waals surface area contributed by atoms with Crippen LogP contribution in [0.5, 0.6) is 0 Å². The summed E-state index contributed by atoms with van der Waals surface area (Å²) in [7, 11) is 0. The molecular weight excluding hydrogens is 264 g/mol. The Kier molecular flexibility index (Phi) is 4.42. The van der Waals surface area contributed by atoms with Crippen LogP contribution in [0.25, 0.3) is 0 Å². The zero-order valence-corrected chi connectivity index (χ0v) is 14.9. The summed E-state index contributed by atoms with van der Waals surface area (Å²) < 4.78 is 0. The smallest absolute Gasteiger partial charge is 0.232 e. The number of nitrogens with zero attached hydrogens (tertiary/aromatic N) is 4. The second-order valence-corrected chi connectivity index (χ2v) is 8.37. The molecule has 1 heterocycles. The minimum atomic E-state index is -0.140. The summed E-state index contributed by atoms with van der Waals surface area (Å²) in [5, 5.41) is 3.25. The van der Waals surface area contributed by atoms with Gasteiger partial charge in [-0.1, -0.05) is 0 Å². The fourth-order valence-corrected chi connectivity index (χ4v) is 2.48. The molecule has 0 saturated heterocycles. The van der Waals surface area contributed by atoms with E-state index in [4.69, 9.17) is 5.73 Å². The van der Waals surface area contributed by atoms with Crippen molar-refractivity contribution >= 4 is 17.8 Å². The van der Waals surface area contributed by atoms with Crippen LogP contribution in [-0.2, 0) is 0 Å². The Labute approximate surface area is 128 Å². The fraction of sp³-hybridized carbons (Fsp3) is 0.800. The minimum Gasteiger partial charge on any atom is -0.368 e. The third kappa shape index (κ3) is 5.02. The van der Waals surface area contributed by atoms with Gasteiger partial charge in [0, 0.05) is 16.6 Å². The molecule has 0 aliphatic rings. The van der Waals surface area contributed by atoms with Crippen LogP contribution in [0.3, 0.4) is 0 Å². The third-order valence-corrected chi connectivity index (χ3v) is 2.67. The third-order valence-electron chi connectivity index (χ3n) is 2.67. The number of aromatic nitrogens is 3. The van der Waals surface area contributed by atoms with E-state index >= 15 is 0 Å². The van der Waals surface area contributed by atoms with Crippen molar-refractivity contribution in [3.8, 4) is 0 Å². The lowest BCUT2D eigenvalue weighted by Crippen LogP contribution is -2.54. The quantitative estimate of drug-likeness (QED) is 0.872. The predicted molar refractivity (Wildman–Crippen MR) is 89.6 cm³/mol. The lowest BCUT2D eigenvalue weighted by molar-refractivity contribution is 0.372. The van der Waals surface area contributed by atoms with Gasteiger partial charge in [0.15, 0.2) is 0 Å². The molecule has 0 bridgehead atoms. The molecule has 0 radical (unpaired) electrons. The monoisotopic (exact) mass is 294 g/mol. The molecule has 1 aromatic heterocycles. The van der Waals surface area contributed by atoms with Gasteiger partial charge >= 0.3 is 0 Å². The average Bonchev–Trinajstić information content (AvgIpc) is 2.06. The van der Waals surface area contributed by atoms with Crippen molar-refractivity contribution in [2.45, 2.75) is 78.9 Å². The summed E-state index contributed by atoms with van der Waals surface area (Å²) >= 11 is 0. The zero-order valence-electron chi connectivity index (χ0n) is 14.9. The molecule has 21 heavy (non-hydrogen) atoms. The highest BCUT2D eigenvalue weighted by molar-refractivity contribution is 5.46. The standard InChI is InChI=1S/C15H30N6/c1-13(2,3)20-11-17-10(16)18-12(19-11)21(14(4,5)6)15(7,8)9/h1-9H3,(H3,16,17,18,19,20). The van der Waals surface area contributed by atoms with Crippen molar-refractivity contribution in [1.29, 1.82) is 0 Å². The summed E-state index contributed by atoms with van der Waals surface area (Å²) in [6.45, 7) is 19.0. The molecule has 0 aliphatic heterocycles. The molecule has 0 unspecified atom stereocenters. The minimum absolute atomic E-state index is 0.134. The van der Waals surface area contributed by atoms with Gasteiger partial charge in [0.05, 0.1) is 0 Å². The van der Waals surface area contributed by atoms with Crippen LogP contribution in [0.15, 0.2) is 0 Å². The topological polar surface area (TPSA) is 80.0 Å². The second kappa shape index (κ2) is 5.31. The first kappa shape index (κ1) is 17.5. The molecule has 0 spiro atoms. The number of rotatable bonds is 2. The Morgan fingerprint density at radius 3 is 1.67 bits per heavy atom. The molecule has 120 valence electrons. The maximum atomic E-state index is 5.87.